The highest BCUT2D eigenvalue weighted by atomic mass is 16.5. The van der Waals surface area contributed by atoms with Gasteiger partial charge in [-0.1, -0.05) is 6.08 Å². The molecule has 0 aromatic heterocycles. The van der Waals surface area contributed by atoms with Gasteiger partial charge >= 0.3 is 11.9 Å². The van der Waals surface area contributed by atoms with Crippen molar-refractivity contribution in [1.82, 2.24) is 0 Å². The van der Waals surface area contributed by atoms with E-state index < -0.39 is 24.0 Å². The smallest absolute Gasteiger partial charge is 0.336 e. The van der Waals surface area contributed by atoms with Crippen molar-refractivity contribution in [3.63, 3.8) is 0 Å². The fourth-order valence-electron chi connectivity index (χ4n) is 0.739. The number of aliphatic carboxylic acids is 1. The van der Waals surface area contributed by atoms with E-state index >= 15 is 0 Å². The van der Waals surface area contributed by atoms with E-state index in [1.165, 1.54) is 0 Å². The van der Waals surface area contributed by atoms with Gasteiger partial charge in [0, 0.05) is 0 Å². The summed E-state index contributed by atoms with van der Waals surface area (Å²) in [7, 11) is 0. The molecule has 0 spiro atoms. The zero-order valence-electron chi connectivity index (χ0n) is 7.27. The van der Waals surface area contributed by atoms with Crippen LogP contribution in [-0.4, -0.2) is 34.9 Å². The summed E-state index contributed by atoms with van der Waals surface area (Å²) >= 11 is 0. The molecule has 0 aliphatic heterocycles. The fraction of sp³-hybridized carbons (Fsp3) is 0.500. The van der Waals surface area contributed by atoms with Crippen molar-refractivity contribution in [3.05, 3.63) is 12.7 Å². The van der Waals surface area contributed by atoms with Gasteiger partial charge in [0.1, 0.15) is 5.92 Å². The van der Waals surface area contributed by atoms with Crippen LogP contribution in [0.5, 0.6) is 0 Å². The molecule has 0 aliphatic carbocycles. The SMILES string of the molecule is C=C[C@H](C(=O)O)[C@H](O)C(=O)OCC. The first-order chi connectivity index (χ1) is 6.04. The van der Waals surface area contributed by atoms with Gasteiger partial charge in [0.05, 0.1) is 6.61 Å². The Labute approximate surface area is 75.6 Å². The van der Waals surface area contributed by atoms with Crippen molar-refractivity contribution < 1.29 is 24.5 Å². The Morgan fingerprint density at radius 2 is 2.15 bits per heavy atom. The van der Waals surface area contributed by atoms with E-state index in [1.54, 1.807) is 6.92 Å². The van der Waals surface area contributed by atoms with Gasteiger partial charge < -0.3 is 14.9 Å². The van der Waals surface area contributed by atoms with Gasteiger partial charge in [-0.2, -0.15) is 0 Å². The number of carboxylic acid groups (broad SMARTS) is 1. The lowest BCUT2D eigenvalue weighted by Gasteiger charge is -2.13. The van der Waals surface area contributed by atoms with Gasteiger partial charge in [0.25, 0.3) is 0 Å². The van der Waals surface area contributed by atoms with Crippen LogP contribution in [0.3, 0.4) is 0 Å². The predicted octanol–water partition coefficient (Wildman–Crippen LogP) is -0.203. The highest BCUT2D eigenvalue weighted by Crippen LogP contribution is 2.07. The van der Waals surface area contributed by atoms with Gasteiger partial charge in [-0.25, -0.2) is 4.79 Å². The Morgan fingerprint density at radius 1 is 1.62 bits per heavy atom. The second kappa shape index (κ2) is 5.31. The molecule has 0 rings (SSSR count). The molecule has 0 aromatic rings. The number of esters is 1. The van der Waals surface area contributed by atoms with Crippen molar-refractivity contribution in [2.24, 2.45) is 5.92 Å². The van der Waals surface area contributed by atoms with E-state index in [1.807, 2.05) is 0 Å². The Hall–Kier alpha value is -1.36. The van der Waals surface area contributed by atoms with Crippen LogP contribution in [-0.2, 0) is 14.3 Å². The van der Waals surface area contributed by atoms with E-state index in [0.29, 0.717) is 0 Å². The molecule has 74 valence electrons. The van der Waals surface area contributed by atoms with Crippen molar-refractivity contribution in [3.8, 4) is 0 Å². The van der Waals surface area contributed by atoms with Crippen LogP contribution in [0.4, 0.5) is 0 Å². The van der Waals surface area contributed by atoms with E-state index in [4.69, 9.17) is 10.2 Å². The molecule has 0 amide bonds. The molecule has 2 atom stereocenters. The lowest BCUT2D eigenvalue weighted by atomic mass is 10.0. The maximum absolute atomic E-state index is 10.9. The summed E-state index contributed by atoms with van der Waals surface area (Å²) in [6, 6.07) is 0. The first kappa shape index (κ1) is 11.6. The Bertz CT molecular complexity index is 211. The van der Waals surface area contributed by atoms with E-state index in [2.05, 4.69) is 11.3 Å². The second-order valence-electron chi connectivity index (χ2n) is 2.30. The van der Waals surface area contributed by atoms with Crippen molar-refractivity contribution in [2.45, 2.75) is 13.0 Å². The van der Waals surface area contributed by atoms with Crippen LogP contribution in [0, 0.1) is 5.92 Å². The molecule has 0 saturated carbocycles. The number of aliphatic hydroxyl groups is 1. The first-order valence-corrected chi connectivity index (χ1v) is 3.74. The van der Waals surface area contributed by atoms with Crippen LogP contribution in [0.2, 0.25) is 0 Å². The van der Waals surface area contributed by atoms with E-state index in [9.17, 15) is 9.59 Å². The molecule has 2 N–H and O–H groups in total. The minimum Gasteiger partial charge on any atom is -0.481 e. The van der Waals surface area contributed by atoms with Gasteiger partial charge in [-0.15, -0.1) is 6.58 Å². The summed E-state index contributed by atoms with van der Waals surface area (Å²) in [5.74, 6) is -3.58. The molecule has 0 aliphatic rings. The number of carboxylic acids is 1. The van der Waals surface area contributed by atoms with Crippen molar-refractivity contribution in [1.29, 1.82) is 0 Å². The zero-order chi connectivity index (χ0) is 10.4. The topological polar surface area (TPSA) is 83.8 Å². The number of aliphatic hydroxyl groups excluding tert-OH is 1. The lowest BCUT2D eigenvalue weighted by Crippen LogP contribution is -2.34. The monoisotopic (exact) mass is 188 g/mol. The summed E-state index contributed by atoms with van der Waals surface area (Å²) in [5, 5.41) is 17.7. The minimum absolute atomic E-state index is 0.0966. The molecule has 0 aromatic carbocycles. The average molecular weight is 188 g/mol. The van der Waals surface area contributed by atoms with E-state index in [0.717, 1.165) is 6.08 Å². The summed E-state index contributed by atoms with van der Waals surface area (Å²) in [6.45, 7) is 4.86. The van der Waals surface area contributed by atoms with Crippen molar-refractivity contribution in [2.75, 3.05) is 6.61 Å². The number of hydrogen-bond acceptors (Lipinski definition) is 4. The summed E-state index contributed by atoms with van der Waals surface area (Å²) in [6.07, 6.45) is -0.695. The standard InChI is InChI=1S/C8H12O5/c1-3-5(7(10)11)6(9)8(12)13-4-2/h3,5-6,9H,1,4H2,2H3,(H,10,11)/t5-,6-/m0/s1. The first-order valence-electron chi connectivity index (χ1n) is 3.74. The Balaban J connectivity index is 4.36. The lowest BCUT2D eigenvalue weighted by molar-refractivity contribution is -0.161. The molecule has 0 radical (unpaired) electrons. The molecule has 0 fully saturated rings. The third-order valence-electron chi connectivity index (χ3n) is 1.41. The Kier molecular flexibility index (Phi) is 4.76. The predicted molar refractivity (Wildman–Crippen MR) is 44.0 cm³/mol. The van der Waals surface area contributed by atoms with Gasteiger partial charge in [-0.05, 0) is 6.92 Å². The fourth-order valence-corrected chi connectivity index (χ4v) is 0.739. The van der Waals surface area contributed by atoms with Crippen LogP contribution in [0.1, 0.15) is 6.92 Å². The Morgan fingerprint density at radius 3 is 2.46 bits per heavy atom. The molecule has 0 bridgehead atoms. The molecule has 5 heteroatoms. The summed E-state index contributed by atoms with van der Waals surface area (Å²) < 4.78 is 4.44. The summed E-state index contributed by atoms with van der Waals surface area (Å²) in [5.41, 5.74) is 0. The molecule has 13 heavy (non-hydrogen) atoms. The number of carbonyl (C=O) groups excluding carboxylic acids is 1. The maximum Gasteiger partial charge on any atom is 0.336 e. The largest absolute Gasteiger partial charge is 0.481 e. The molecular weight excluding hydrogens is 176 g/mol. The minimum atomic E-state index is -1.69. The number of ether oxygens (including phenoxy) is 1. The highest BCUT2D eigenvalue weighted by Gasteiger charge is 2.30. The van der Waals surface area contributed by atoms with Gasteiger partial charge in [0.15, 0.2) is 6.10 Å². The van der Waals surface area contributed by atoms with Crippen LogP contribution in [0.15, 0.2) is 12.7 Å². The zero-order valence-corrected chi connectivity index (χ0v) is 7.27. The van der Waals surface area contributed by atoms with Crippen LogP contribution in [0.25, 0.3) is 0 Å². The third-order valence-corrected chi connectivity index (χ3v) is 1.41. The van der Waals surface area contributed by atoms with Crippen molar-refractivity contribution >= 4 is 11.9 Å². The van der Waals surface area contributed by atoms with Crippen LogP contribution < -0.4 is 0 Å². The number of hydrogen-bond donors (Lipinski definition) is 2. The van der Waals surface area contributed by atoms with Crippen LogP contribution >= 0.6 is 0 Å². The quantitative estimate of drug-likeness (QED) is 0.461. The normalized spacial score (nSPS) is 14.3. The van der Waals surface area contributed by atoms with E-state index in [-0.39, 0.29) is 6.61 Å². The molecule has 0 unspecified atom stereocenters. The number of carbonyl (C=O) groups is 2. The summed E-state index contributed by atoms with van der Waals surface area (Å²) in [4.78, 5) is 21.3. The molecule has 0 saturated heterocycles. The van der Waals surface area contributed by atoms with Gasteiger partial charge in [-0.3, -0.25) is 4.79 Å². The van der Waals surface area contributed by atoms with Gasteiger partial charge in [0.2, 0.25) is 0 Å². The molecular formula is C8H12O5. The highest BCUT2D eigenvalue weighted by molar-refractivity contribution is 5.83. The second-order valence-corrected chi connectivity index (χ2v) is 2.30. The number of rotatable bonds is 5. The molecule has 0 heterocycles. The average Bonchev–Trinajstić information content (AvgIpc) is 2.05. The molecule has 5 nitrogen and oxygen atoms in total. The third kappa shape index (κ3) is 3.25. The maximum atomic E-state index is 10.9.